The van der Waals surface area contributed by atoms with Gasteiger partial charge < -0.3 is 5.73 Å². The van der Waals surface area contributed by atoms with Crippen LogP contribution in [-0.4, -0.2) is 27.5 Å². The van der Waals surface area contributed by atoms with E-state index >= 15 is 0 Å². The number of hydrogen-bond donors (Lipinski definition) is 1. The SMILES string of the molecule is CC1CC(C)C(C)N(Cc2cnc(N)cn2)C1. The summed E-state index contributed by atoms with van der Waals surface area (Å²) in [6.07, 6.45) is 4.74. The van der Waals surface area contributed by atoms with Gasteiger partial charge in [-0.3, -0.25) is 9.88 Å². The molecule has 1 saturated heterocycles. The normalized spacial score (nSPS) is 30.4. The Hall–Kier alpha value is -1.16. The van der Waals surface area contributed by atoms with Crippen molar-refractivity contribution >= 4 is 5.82 Å². The summed E-state index contributed by atoms with van der Waals surface area (Å²) in [5.74, 6) is 2.01. The molecule has 0 spiro atoms. The Morgan fingerprint density at radius 3 is 2.71 bits per heavy atom. The topological polar surface area (TPSA) is 55.0 Å². The number of piperidine rings is 1. The van der Waals surface area contributed by atoms with Crippen LogP contribution in [0.5, 0.6) is 0 Å². The molecule has 3 atom stereocenters. The number of nitrogens with zero attached hydrogens (tertiary/aromatic N) is 3. The molecule has 94 valence electrons. The molecular formula is C13H22N4. The summed E-state index contributed by atoms with van der Waals surface area (Å²) in [5, 5.41) is 0. The molecule has 0 aromatic carbocycles. The molecule has 0 saturated carbocycles. The van der Waals surface area contributed by atoms with Gasteiger partial charge in [0.15, 0.2) is 0 Å². The molecule has 0 amide bonds. The fourth-order valence-electron chi connectivity index (χ4n) is 2.70. The number of hydrogen-bond acceptors (Lipinski definition) is 4. The van der Waals surface area contributed by atoms with Crippen LogP contribution in [0.3, 0.4) is 0 Å². The second-order valence-electron chi connectivity index (χ2n) is 5.42. The molecule has 0 aliphatic carbocycles. The number of nitrogens with two attached hydrogens (primary N) is 1. The van der Waals surface area contributed by atoms with Crippen molar-refractivity contribution < 1.29 is 0 Å². The third-order valence-corrected chi connectivity index (χ3v) is 3.81. The van der Waals surface area contributed by atoms with Crippen molar-refractivity contribution in [2.75, 3.05) is 12.3 Å². The van der Waals surface area contributed by atoms with Crippen molar-refractivity contribution in [1.82, 2.24) is 14.9 Å². The third-order valence-electron chi connectivity index (χ3n) is 3.81. The van der Waals surface area contributed by atoms with Gasteiger partial charge in [-0.1, -0.05) is 13.8 Å². The summed E-state index contributed by atoms with van der Waals surface area (Å²) >= 11 is 0. The lowest BCUT2D eigenvalue weighted by Gasteiger charge is -2.40. The van der Waals surface area contributed by atoms with Crippen LogP contribution in [0, 0.1) is 11.8 Å². The van der Waals surface area contributed by atoms with Gasteiger partial charge in [0.2, 0.25) is 0 Å². The number of aromatic nitrogens is 2. The van der Waals surface area contributed by atoms with Gasteiger partial charge in [0.05, 0.1) is 18.1 Å². The Labute approximate surface area is 103 Å². The summed E-state index contributed by atoms with van der Waals surface area (Å²) in [6.45, 7) is 8.99. The predicted molar refractivity (Wildman–Crippen MR) is 69.3 cm³/mol. The fraction of sp³-hybridized carbons (Fsp3) is 0.692. The minimum Gasteiger partial charge on any atom is -0.382 e. The summed E-state index contributed by atoms with van der Waals surface area (Å²) in [7, 11) is 0. The van der Waals surface area contributed by atoms with E-state index in [4.69, 9.17) is 5.73 Å². The summed E-state index contributed by atoms with van der Waals surface area (Å²) < 4.78 is 0. The average molecular weight is 234 g/mol. The molecule has 2 N–H and O–H groups in total. The van der Waals surface area contributed by atoms with E-state index in [0.717, 1.165) is 30.6 Å². The van der Waals surface area contributed by atoms with Crippen molar-refractivity contribution in [2.45, 2.75) is 39.8 Å². The molecule has 1 aliphatic rings. The molecule has 17 heavy (non-hydrogen) atoms. The van der Waals surface area contributed by atoms with Crippen LogP contribution in [0.2, 0.25) is 0 Å². The maximum Gasteiger partial charge on any atom is 0.141 e. The second-order valence-corrected chi connectivity index (χ2v) is 5.42. The summed E-state index contributed by atoms with van der Waals surface area (Å²) in [5.41, 5.74) is 6.55. The van der Waals surface area contributed by atoms with Crippen molar-refractivity contribution in [1.29, 1.82) is 0 Å². The predicted octanol–water partition coefficient (Wildman–Crippen LogP) is 1.93. The zero-order valence-corrected chi connectivity index (χ0v) is 10.9. The molecule has 0 bridgehead atoms. The first kappa shape index (κ1) is 12.3. The van der Waals surface area contributed by atoms with E-state index in [1.54, 1.807) is 12.4 Å². The minimum absolute atomic E-state index is 0.488. The highest BCUT2D eigenvalue weighted by Gasteiger charge is 2.28. The Morgan fingerprint density at radius 1 is 1.29 bits per heavy atom. The first-order chi connectivity index (χ1) is 8.06. The van der Waals surface area contributed by atoms with Crippen molar-refractivity contribution in [3.8, 4) is 0 Å². The van der Waals surface area contributed by atoms with E-state index < -0.39 is 0 Å². The molecule has 1 aromatic rings. The molecule has 1 aromatic heterocycles. The number of nitrogen functional groups attached to an aromatic ring is 1. The van der Waals surface area contributed by atoms with Crippen LogP contribution in [0.25, 0.3) is 0 Å². The average Bonchev–Trinajstić information content (AvgIpc) is 2.28. The highest BCUT2D eigenvalue weighted by molar-refractivity contribution is 5.22. The molecule has 1 fully saturated rings. The molecule has 2 rings (SSSR count). The van der Waals surface area contributed by atoms with Crippen LogP contribution in [0.15, 0.2) is 12.4 Å². The quantitative estimate of drug-likeness (QED) is 0.849. The molecule has 4 heteroatoms. The first-order valence-corrected chi connectivity index (χ1v) is 6.36. The Bertz CT molecular complexity index is 362. The molecule has 0 radical (unpaired) electrons. The maximum atomic E-state index is 5.54. The molecular weight excluding hydrogens is 212 g/mol. The lowest BCUT2D eigenvalue weighted by Crippen LogP contribution is -2.45. The van der Waals surface area contributed by atoms with Crippen molar-refractivity contribution in [3.63, 3.8) is 0 Å². The standard InChI is InChI=1S/C13H22N4/c1-9-4-10(2)11(3)17(7-9)8-12-5-16-13(14)6-15-12/h5-6,9-11H,4,7-8H2,1-3H3,(H2,14,16). The van der Waals surface area contributed by atoms with Crippen molar-refractivity contribution in [2.24, 2.45) is 11.8 Å². The number of rotatable bonds is 2. The molecule has 1 aliphatic heterocycles. The van der Waals surface area contributed by atoms with E-state index in [-0.39, 0.29) is 0 Å². The van der Waals surface area contributed by atoms with Crippen LogP contribution in [0.4, 0.5) is 5.82 Å². The first-order valence-electron chi connectivity index (χ1n) is 6.36. The smallest absolute Gasteiger partial charge is 0.141 e. The van der Waals surface area contributed by atoms with E-state index in [2.05, 4.69) is 35.6 Å². The summed E-state index contributed by atoms with van der Waals surface area (Å²) in [4.78, 5) is 10.9. The number of likely N-dealkylation sites (tertiary alicyclic amines) is 1. The van der Waals surface area contributed by atoms with Crippen molar-refractivity contribution in [3.05, 3.63) is 18.1 Å². The Morgan fingerprint density at radius 2 is 2.06 bits per heavy atom. The van der Waals surface area contributed by atoms with E-state index in [1.807, 2.05) is 0 Å². The monoisotopic (exact) mass is 234 g/mol. The minimum atomic E-state index is 0.488. The van der Waals surface area contributed by atoms with Gasteiger partial charge in [-0.2, -0.15) is 0 Å². The van der Waals surface area contributed by atoms with Gasteiger partial charge in [0, 0.05) is 19.1 Å². The highest BCUT2D eigenvalue weighted by atomic mass is 15.2. The fourth-order valence-corrected chi connectivity index (χ4v) is 2.70. The zero-order valence-electron chi connectivity index (χ0n) is 10.9. The maximum absolute atomic E-state index is 5.54. The van der Waals surface area contributed by atoms with E-state index in [0.29, 0.717) is 11.9 Å². The van der Waals surface area contributed by atoms with Crippen LogP contribution in [0.1, 0.15) is 32.9 Å². The largest absolute Gasteiger partial charge is 0.382 e. The highest BCUT2D eigenvalue weighted by Crippen LogP contribution is 2.27. The lowest BCUT2D eigenvalue weighted by molar-refractivity contribution is 0.0717. The van der Waals surface area contributed by atoms with Gasteiger partial charge in [0.1, 0.15) is 5.82 Å². The van der Waals surface area contributed by atoms with Crippen LogP contribution in [-0.2, 0) is 6.54 Å². The zero-order chi connectivity index (χ0) is 12.4. The molecule has 2 heterocycles. The van der Waals surface area contributed by atoms with E-state index in [9.17, 15) is 0 Å². The van der Waals surface area contributed by atoms with Crippen LogP contribution >= 0.6 is 0 Å². The Balaban J connectivity index is 2.04. The molecule has 3 unspecified atom stereocenters. The lowest BCUT2D eigenvalue weighted by atomic mass is 9.86. The third kappa shape index (κ3) is 2.94. The second kappa shape index (κ2) is 5.00. The summed E-state index contributed by atoms with van der Waals surface area (Å²) in [6, 6.07) is 0.616. The van der Waals surface area contributed by atoms with Gasteiger partial charge >= 0.3 is 0 Å². The van der Waals surface area contributed by atoms with Crippen LogP contribution < -0.4 is 5.73 Å². The van der Waals surface area contributed by atoms with E-state index in [1.165, 1.54) is 6.42 Å². The molecule has 4 nitrogen and oxygen atoms in total. The van der Waals surface area contributed by atoms with Gasteiger partial charge in [0.25, 0.3) is 0 Å². The Kier molecular flexibility index (Phi) is 3.62. The number of anilines is 1. The van der Waals surface area contributed by atoms with Gasteiger partial charge in [-0.25, -0.2) is 4.98 Å². The van der Waals surface area contributed by atoms with Gasteiger partial charge in [-0.05, 0) is 25.2 Å². The van der Waals surface area contributed by atoms with Gasteiger partial charge in [-0.15, -0.1) is 0 Å².